The monoisotopic (exact) mass is 908 g/mol. The number of benzene rings is 1. The van der Waals surface area contributed by atoms with Crippen molar-refractivity contribution in [1.82, 2.24) is 39.1 Å². The summed E-state index contributed by atoms with van der Waals surface area (Å²) in [4.78, 5) is 67.9. The lowest BCUT2D eigenvalue weighted by Crippen LogP contribution is -2.58. The van der Waals surface area contributed by atoms with E-state index in [9.17, 15) is 27.6 Å². The molecular weight excluding hydrogens is 845 g/mol. The van der Waals surface area contributed by atoms with Crippen molar-refractivity contribution in [2.75, 3.05) is 20.6 Å². The van der Waals surface area contributed by atoms with Gasteiger partial charge in [-0.3, -0.25) is 19.0 Å². The Balaban J connectivity index is 1.20. The Bertz CT molecular complexity index is 2310. The molecule has 0 radical (unpaired) electrons. The summed E-state index contributed by atoms with van der Waals surface area (Å²) in [6.07, 6.45) is 13.0. The highest BCUT2D eigenvalue weighted by atomic mass is 32.2. The molecule has 344 valence electrons. The number of ether oxygens (including phenoxy) is 2. The van der Waals surface area contributed by atoms with Crippen LogP contribution in [0.2, 0.25) is 0 Å². The fourth-order valence-corrected chi connectivity index (χ4v) is 10.6. The lowest BCUT2D eigenvalue weighted by Gasteiger charge is -2.30. The molecule has 4 amide bonds. The van der Waals surface area contributed by atoms with E-state index in [4.69, 9.17) is 19.4 Å². The van der Waals surface area contributed by atoms with Crippen molar-refractivity contribution < 1.29 is 37.1 Å². The summed E-state index contributed by atoms with van der Waals surface area (Å²) >= 11 is 1.61. The van der Waals surface area contributed by atoms with Gasteiger partial charge in [0.05, 0.1) is 17.8 Å². The van der Waals surface area contributed by atoms with Crippen molar-refractivity contribution >= 4 is 56.4 Å². The Morgan fingerprint density at radius 1 is 1.05 bits per heavy atom. The van der Waals surface area contributed by atoms with Gasteiger partial charge in [0.15, 0.2) is 0 Å². The standard InChI is InChI=1S/C45H64N8O8S2/c1-28(2)53-35-22-16-20-33(39-46-31(27-62-39)23-29-17-12-11-13-18-29)37(35)48-42(53)60-32-24-36-38(54)49-45(41(56)50-63(58,59)51(6)7)25-30(45)19-14-9-8-10-15-21-34(40(55)52(36)26-32)47-43(57)61-44(3,4)5/h14,16,19-20,22,27-30,32,34,36H,8-13,15,17-18,21,23-26H2,1-7H3,(H,47,57)(H,49,54)(H,50,56)/b19-14-/t30-,32-,34+,36+,45?/m1/s1. The van der Waals surface area contributed by atoms with E-state index in [0.29, 0.717) is 31.2 Å². The van der Waals surface area contributed by atoms with Crippen LogP contribution < -0.4 is 20.1 Å². The number of hydrogen-bond acceptors (Lipinski definition) is 11. The van der Waals surface area contributed by atoms with E-state index < -0.39 is 69.3 Å². The topological polar surface area (TPSA) is 194 Å². The first-order chi connectivity index (χ1) is 29.8. The number of fused-ring (bicyclic) bond motifs is 3. The van der Waals surface area contributed by atoms with Gasteiger partial charge in [-0.05, 0) is 84.8 Å². The van der Waals surface area contributed by atoms with E-state index in [0.717, 1.165) is 50.9 Å². The zero-order chi connectivity index (χ0) is 45.3. The second-order valence-electron chi connectivity index (χ2n) is 19.1. The van der Waals surface area contributed by atoms with Crippen molar-refractivity contribution in [3.63, 3.8) is 0 Å². The molecule has 0 spiro atoms. The molecule has 5 atom stereocenters. The van der Waals surface area contributed by atoms with Gasteiger partial charge < -0.3 is 25.0 Å². The first-order valence-corrected chi connectivity index (χ1v) is 24.8. The van der Waals surface area contributed by atoms with Crippen molar-refractivity contribution in [3.8, 4) is 16.6 Å². The van der Waals surface area contributed by atoms with E-state index in [2.05, 4.69) is 20.7 Å². The Hall–Kier alpha value is -4.55. The Kier molecular flexibility index (Phi) is 13.9. The average molecular weight is 909 g/mol. The Morgan fingerprint density at radius 2 is 1.78 bits per heavy atom. The number of nitrogens with one attached hydrogen (secondary N) is 3. The SMILES string of the molecule is CC(C)n1c(O[C@@H]2C[C@H]3C(=O)NC4(C(=O)NS(=O)(=O)N(C)C)C[C@H]4/C=C\CCCCC[C@H](NC(=O)OC(C)(C)C)C(=O)N3C2)nc2c(-c3nc(CC4CCCCC4)cs3)cccc21. The van der Waals surface area contributed by atoms with Gasteiger partial charge in [0.1, 0.15) is 39.9 Å². The van der Waals surface area contributed by atoms with Gasteiger partial charge in [0.2, 0.25) is 11.8 Å². The number of thiazole rings is 1. The van der Waals surface area contributed by atoms with Crippen molar-refractivity contribution in [1.29, 1.82) is 0 Å². The number of imidazole rings is 1. The molecule has 1 unspecified atom stereocenters. The third-order valence-corrected chi connectivity index (χ3v) is 14.8. The van der Waals surface area contributed by atoms with Gasteiger partial charge in [-0.15, -0.1) is 11.3 Å². The van der Waals surface area contributed by atoms with E-state index in [1.165, 1.54) is 51.1 Å². The minimum Gasteiger partial charge on any atom is -0.459 e. The predicted octanol–water partition coefficient (Wildman–Crippen LogP) is 6.42. The lowest BCUT2D eigenvalue weighted by atomic mass is 9.86. The lowest BCUT2D eigenvalue weighted by molar-refractivity contribution is -0.141. The normalized spacial score (nSPS) is 25.8. The summed E-state index contributed by atoms with van der Waals surface area (Å²) in [6.45, 7) is 9.27. The largest absolute Gasteiger partial charge is 0.459 e. The van der Waals surface area contributed by atoms with Crippen LogP contribution in [0.15, 0.2) is 35.7 Å². The van der Waals surface area contributed by atoms with Crippen molar-refractivity contribution in [2.45, 2.75) is 153 Å². The maximum absolute atomic E-state index is 14.7. The minimum absolute atomic E-state index is 0.0217. The average Bonchev–Trinajstić information content (AvgIpc) is 3.53. The molecule has 63 heavy (non-hydrogen) atoms. The molecule has 2 aromatic heterocycles. The molecule has 3 fully saturated rings. The number of amides is 4. The number of allylic oxidation sites excluding steroid dienone is 1. The van der Waals surface area contributed by atoms with Crippen LogP contribution in [0.3, 0.4) is 0 Å². The predicted molar refractivity (Wildman–Crippen MR) is 241 cm³/mol. The number of carbonyl (C=O) groups is 4. The molecule has 1 aromatic carbocycles. The molecule has 18 heteroatoms. The molecule has 7 rings (SSSR count). The zero-order valence-electron chi connectivity index (χ0n) is 37.6. The molecule has 2 saturated carbocycles. The van der Waals surface area contributed by atoms with Crippen LogP contribution >= 0.6 is 11.3 Å². The first-order valence-electron chi connectivity index (χ1n) is 22.5. The van der Waals surface area contributed by atoms with Crippen molar-refractivity contribution in [3.05, 3.63) is 41.4 Å². The summed E-state index contributed by atoms with van der Waals surface area (Å²) in [7, 11) is -1.57. The highest BCUT2D eigenvalue weighted by molar-refractivity contribution is 7.87. The van der Waals surface area contributed by atoms with Crippen LogP contribution in [0.1, 0.15) is 123 Å². The minimum atomic E-state index is -4.18. The third-order valence-electron chi connectivity index (χ3n) is 12.5. The van der Waals surface area contributed by atoms with Crippen LogP contribution in [0.5, 0.6) is 6.01 Å². The quantitative estimate of drug-likeness (QED) is 0.191. The van der Waals surface area contributed by atoms with Gasteiger partial charge in [0, 0.05) is 43.4 Å². The number of nitrogens with zero attached hydrogens (tertiary/aromatic N) is 5. The van der Waals surface area contributed by atoms with Crippen LogP contribution in [0, 0.1) is 11.8 Å². The van der Waals surface area contributed by atoms with E-state index in [-0.39, 0.29) is 25.4 Å². The maximum Gasteiger partial charge on any atom is 0.408 e. The van der Waals surface area contributed by atoms with E-state index in [1.807, 2.05) is 48.8 Å². The molecule has 4 heterocycles. The van der Waals surface area contributed by atoms with E-state index in [1.54, 1.807) is 32.1 Å². The fraction of sp³-hybridized carbons (Fsp3) is 0.644. The summed E-state index contributed by atoms with van der Waals surface area (Å²) in [5.41, 5.74) is 1.21. The molecule has 3 aromatic rings. The molecule has 0 bridgehead atoms. The molecule has 16 nitrogen and oxygen atoms in total. The summed E-state index contributed by atoms with van der Waals surface area (Å²) < 4.78 is 43.0. The number of alkyl carbamates (subject to hydrolysis) is 1. The van der Waals surface area contributed by atoms with Gasteiger partial charge in [-0.2, -0.15) is 17.7 Å². The van der Waals surface area contributed by atoms with Crippen LogP contribution in [0.25, 0.3) is 21.6 Å². The first kappa shape index (κ1) is 46.4. The molecule has 2 aliphatic carbocycles. The van der Waals surface area contributed by atoms with Gasteiger partial charge >= 0.3 is 16.3 Å². The number of aromatic nitrogens is 3. The van der Waals surface area contributed by atoms with Crippen molar-refractivity contribution in [2.24, 2.45) is 11.8 Å². The third kappa shape index (κ3) is 10.7. The van der Waals surface area contributed by atoms with Gasteiger partial charge in [0.25, 0.3) is 11.9 Å². The number of rotatable bonds is 10. The summed E-state index contributed by atoms with van der Waals surface area (Å²) in [6, 6.07) is 4.11. The van der Waals surface area contributed by atoms with Crippen LogP contribution in [-0.4, -0.2) is 106 Å². The second kappa shape index (κ2) is 18.9. The molecule has 4 aliphatic rings. The summed E-state index contributed by atoms with van der Waals surface area (Å²) in [5, 5.41) is 8.71. The molecular formula is C45H64N8O8S2. The molecule has 3 N–H and O–H groups in total. The fourth-order valence-electron chi connectivity index (χ4n) is 9.13. The van der Waals surface area contributed by atoms with Gasteiger partial charge in [-0.25, -0.2) is 14.5 Å². The zero-order valence-corrected chi connectivity index (χ0v) is 39.3. The summed E-state index contributed by atoms with van der Waals surface area (Å²) in [5.74, 6) is -1.80. The Labute approximate surface area is 375 Å². The number of para-hydroxylation sites is 1. The number of hydrogen-bond donors (Lipinski definition) is 3. The van der Waals surface area contributed by atoms with Crippen LogP contribution in [-0.2, 0) is 35.8 Å². The van der Waals surface area contributed by atoms with Gasteiger partial charge in [-0.1, -0.05) is 63.2 Å². The smallest absolute Gasteiger partial charge is 0.408 e. The van der Waals surface area contributed by atoms with Crippen LogP contribution in [0.4, 0.5) is 4.79 Å². The maximum atomic E-state index is 14.7. The molecule has 2 aliphatic heterocycles. The molecule has 1 saturated heterocycles. The second-order valence-corrected chi connectivity index (χ2v) is 21.9. The van der Waals surface area contributed by atoms with E-state index >= 15 is 0 Å². The Morgan fingerprint density at radius 3 is 2.49 bits per heavy atom. The number of carbonyl (C=O) groups excluding carboxylic acids is 4. The highest BCUT2D eigenvalue weighted by Gasteiger charge is 2.62. The highest BCUT2D eigenvalue weighted by Crippen LogP contribution is 2.46.